The van der Waals surface area contributed by atoms with Crippen LogP contribution in [-0.4, -0.2) is 26.2 Å². The summed E-state index contributed by atoms with van der Waals surface area (Å²) in [7, 11) is 0. The first kappa shape index (κ1) is 12.1. The fraction of sp³-hybridized carbons (Fsp3) is 0.500. The Hall–Kier alpha value is -1.91. The highest BCUT2D eigenvalue weighted by atomic mass is 15.5. The van der Waals surface area contributed by atoms with E-state index in [0.29, 0.717) is 6.04 Å². The minimum atomic E-state index is 0.610. The zero-order valence-corrected chi connectivity index (χ0v) is 11.4. The van der Waals surface area contributed by atoms with E-state index >= 15 is 0 Å². The summed E-state index contributed by atoms with van der Waals surface area (Å²) in [5.74, 6) is 0.763. The molecule has 100 valence electrons. The van der Waals surface area contributed by atoms with Gasteiger partial charge in [-0.05, 0) is 59.9 Å². The van der Waals surface area contributed by atoms with Gasteiger partial charge in [-0.15, -0.1) is 5.10 Å². The van der Waals surface area contributed by atoms with E-state index in [-0.39, 0.29) is 0 Å². The van der Waals surface area contributed by atoms with Gasteiger partial charge in [0.1, 0.15) is 6.33 Å². The van der Waals surface area contributed by atoms with Crippen LogP contribution in [0, 0.1) is 12.8 Å². The molecule has 1 saturated carbocycles. The van der Waals surface area contributed by atoms with Crippen LogP contribution >= 0.6 is 0 Å². The zero-order valence-electron chi connectivity index (χ0n) is 11.4. The zero-order chi connectivity index (χ0) is 13.2. The van der Waals surface area contributed by atoms with Crippen LogP contribution in [-0.2, 0) is 0 Å². The average molecular weight is 257 g/mol. The van der Waals surface area contributed by atoms with E-state index in [9.17, 15) is 0 Å². The molecule has 1 aromatic carbocycles. The van der Waals surface area contributed by atoms with Crippen LogP contribution in [0.5, 0.6) is 0 Å². The highest BCUT2D eigenvalue weighted by molar-refractivity contribution is 5.53. The van der Waals surface area contributed by atoms with Crippen molar-refractivity contribution in [2.24, 2.45) is 5.92 Å². The van der Waals surface area contributed by atoms with E-state index in [1.54, 1.807) is 11.0 Å². The van der Waals surface area contributed by atoms with Crippen molar-refractivity contribution in [3.63, 3.8) is 0 Å². The summed E-state index contributed by atoms with van der Waals surface area (Å²) in [5, 5.41) is 14.9. The standard InChI is InChI=1S/C14H19N5/c1-10-4-3-5-13(10)16-12-6-7-14(11(2)8-12)19-9-15-17-18-19/h6-10,13,16H,3-5H2,1-2H3. The monoisotopic (exact) mass is 257 g/mol. The number of nitrogens with one attached hydrogen (secondary N) is 1. The van der Waals surface area contributed by atoms with Crippen molar-refractivity contribution in [3.05, 3.63) is 30.1 Å². The normalized spacial score (nSPS) is 22.6. The molecule has 0 spiro atoms. The first-order valence-corrected chi connectivity index (χ1v) is 6.84. The third kappa shape index (κ3) is 2.45. The number of anilines is 1. The summed E-state index contributed by atoms with van der Waals surface area (Å²) in [4.78, 5) is 0. The molecule has 1 fully saturated rings. The number of tetrazole rings is 1. The summed E-state index contributed by atoms with van der Waals surface area (Å²) >= 11 is 0. The van der Waals surface area contributed by atoms with E-state index in [1.165, 1.54) is 30.5 Å². The van der Waals surface area contributed by atoms with Gasteiger partial charge in [0.2, 0.25) is 0 Å². The molecule has 1 N–H and O–H groups in total. The first-order valence-electron chi connectivity index (χ1n) is 6.84. The van der Waals surface area contributed by atoms with Crippen molar-refractivity contribution in [3.8, 4) is 5.69 Å². The van der Waals surface area contributed by atoms with Gasteiger partial charge in [0, 0.05) is 11.7 Å². The van der Waals surface area contributed by atoms with Gasteiger partial charge in [-0.2, -0.15) is 0 Å². The molecule has 1 heterocycles. The van der Waals surface area contributed by atoms with E-state index in [1.807, 2.05) is 0 Å². The van der Waals surface area contributed by atoms with Crippen LogP contribution in [0.1, 0.15) is 31.7 Å². The third-order valence-electron chi connectivity index (χ3n) is 4.01. The van der Waals surface area contributed by atoms with Crippen LogP contribution in [0.15, 0.2) is 24.5 Å². The molecular weight excluding hydrogens is 238 g/mol. The van der Waals surface area contributed by atoms with Crippen LogP contribution in [0.4, 0.5) is 5.69 Å². The summed E-state index contributed by atoms with van der Waals surface area (Å²) in [6.45, 7) is 4.41. The number of rotatable bonds is 3. The molecule has 3 rings (SSSR count). The Bertz CT molecular complexity index is 549. The second-order valence-electron chi connectivity index (χ2n) is 5.41. The molecule has 0 bridgehead atoms. The predicted octanol–water partition coefficient (Wildman–Crippen LogP) is 2.57. The van der Waals surface area contributed by atoms with Crippen molar-refractivity contribution in [1.82, 2.24) is 20.2 Å². The van der Waals surface area contributed by atoms with Crippen molar-refractivity contribution in [2.45, 2.75) is 39.2 Å². The lowest BCUT2D eigenvalue weighted by molar-refractivity contribution is 0.556. The summed E-state index contributed by atoms with van der Waals surface area (Å²) in [5.41, 5.74) is 3.38. The van der Waals surface area contributed by atoms with E-state index in [2.05, 4.69) is 52.9 Å². The molecule has 2 atom stereocenters. The maximum absolute atomic E-state index is 3.93. The number of aryl methyl sites for hydroxylation is 1. The fourth-order valence-corrected chi connectivity index (χ4v) is 2.85. The molecule has 1 aromatic heterocycles. The van der Waals surface area contributed by atoms with E-state index in [4.69, 9.17) is 0 Å². The number of aromatic nitrogens is 4. The molecular formula is C14H19N5. The van der Waals surface area contributed by atoms with Gasteiger partial charge in [0.15, 0.2) is 0 Å². The van der Waals surface area contributed by atoms with Gasteiger partial charge in [0.25, 0.3) is 0 Å². The molecule has 2 aromatic rings. The second kappa shape index (κ2) is 4.99. The van der Waals surface area contributed by atoms with Crippen molar-refractivity contribution in [2.75, 3.05) is 5.32 Å². The molecule has 2 unspecified atom stereocenters. The van der Waals surface area contributed by atoms with Gasteiger partial charge in [-0.3, -0.25) is 0 Å². The van der Waals surface area contributed by atoms with Gasteiger partial charge >= 0.3 is 0 Å². The lowest BCUT2D eigenvalue weighted by atomic mass is 10.1. The maximum Gasteiger partial charge on any atom is 0.143 e. The van der Waals surface area contributed by atoms with Gasteiger partial charge in [-0.25, -0.2) is 4.68 Å². The largest absolute Gasteiger partial charge is 0.382 e. The Morgan fingerprint density at radius 1 is 1.32 bits per heavy atom. The summed E-state index contributed by atoms with van der Waals surface area (Å²) in [6.07, 6.45) is 5.56. The summed E-state index contributed by atoms with van der Waals surface area (Å²) in [6, 6.07) is 6.95. The number of hydrogen-bond donors (Lipinski definition) is 1. The van der Waals surface area contributed by atoms with Crippen LogP contribution in [0.25, 0.3) is 5.69 Å². The van der Waals surface area contributed by atoms with Crippen LogP contribution < -0.4 is 5.32 Å². The lowest BCUT2D eigenvalue weighted by Crippen LogP contribution is -2.21. The fourth-order valence-electron chi connectivity index (χ4n) is 2.85. The molecule has 19 heavy (non-hydrogen) atoms. The Kier molecular flexibility index (Phi) is 3.19. The molecule has 0 amide bonds. The minimum absolute atomic E-state index is 0.610. The topological polar surface area (TPSA) is 55.6 Å². The van der Waals surface area contributed by atoms with Gasteiger partial charge in [-0.1, -0.05) is 13.3 Å². The average Bonchev–Trinajstić information content (AvgIpc) is 3.02. The highest BCUT2D eigenvalue weighted by Gasteiger charge is 2.22. The number of hydrogen-bond acceptors (Lipinski definition) is 4. The summed E-state index contributed by atoms with van der Waals surface area (Å²) < 4.78 is 1.69. The molecule has 1 aliphatic carbocycles. The van der Waals surface area contributed by atoms with Crippen LogP contribution in [0.2, 0.25) is 0 Å². The number of benzene rings is 1. The Labute approximate surface area is 113 Å². The second-order valence-corrected chi connectivity index (χ2v) is 5.41. The lowest BCUT2D eigenvalue weighted by Gasteiger charge is -2.19. The molecule has 0 saturated heterocycles. The van der Waals surface area contributed by atoms with Crippen molar-refractivity contribution >= 4 is 5.69 Å². The molecule has 1 aliphatic rings. The smallest absolute Gasteiger partial charge is 0.143 e. The molecule has 5 nitrogen and oxygen atoms in total. The van der Waals surface area contributed by atoms with Crippen molar-refractivity contribution < 1.29 is 0 Å². The van der Waals surface area contributed by atoms with Gasteiger partial charge in [0.05, 0.1) is 5.69 Å². The molecule has 5 heteroatoms. The third-order valence-corrected chi connectivity index (χ3v) is 4.01. The maximum atomic E-state index is 3.93. The first-order chi connectivity index (χ1) is 9.24. The Morgan fingerprint density at radius 2 is 2.21 bits per heavy atom. The minimum Gasteiger partial charge on any atom is -0.382 e. The van der Waals surface area contributed by atoms with E-state index < -0.39 is 0 Å². The van der Waals surface area contributed by atoms with Crippen molar-refractivity contribution in [1.29, 1.82) is 0 Å². The van der Waals surface area contributed by atoms with Crippen LogP contribution in [0.3, 0.4) is 0 Å². The number of nitrogens with zero attached hydrogens (tertiary/aromatic N) is 4. The van der Waals surface area contributed by atoms with Gasteiger partial charge < -0.3 is 5.32 Å². The molecule has 0 aliphatic heterocycles. The quantitative estimate of drug-likeness (QED) is 0.918. The predicted molar refractivity (Wildman–Crippen MR) is 74.3 cm³/mol. The highest BCUT2D eigenvalue weighted by Crippen LogP contribution is 2.28. The van der Waals surface area contributed by atoms with E-state index in [0.717, 1.165) is 11.6 Å². The Morgan fingerprint density at radius 3 is 2.84 bits per heavy atom. The SMILES string of the molecule is Cc1cc(NC2CCCC2C)ccc1-n1cnnn1. The molecule has 0 radical (unpaired) electrons. The Balaban J connectivity index is 1.79.